The number of nitrogens with one attached hydrogen (secondary N) is 1. The van der Waals surface area contributed by atoms with Crippen molar-refractivity contribution in [2.75, 3.05) is 7.05 Å². The highest BCUT2D eigenvalue weighted by Crippen LogP contribution is 2.17. The van der Waals surface area contributed by atoms with Gasteiger partial charge in [0.2, 0.25) is 5.95 Å². The molecule has 1 atom stereocenters. The lowest BCUT2D eigenvalue weighted by Gasteiger charge is -2.09. The van der Waals surface area contributed by atoms with Gasteiger partial charge in [0.1, 0.15) is 0 Å². The second-order valence-corrected chi connectivity index (χ2v) is 2.96. The van der Waals surface area contributed by atoms with Gasteiger partial charge in [-0.1, -0.05) is 11.6 Å². The van der Waals surface area contributed by atoms with E-state index in [0.717, 1.165) is 5.56 Å². The van der Waals surface area contributed by atoms with Gasteiger partial charge < -0.3 is 5.32 Å². The Morgan fingerprint density at radius 1 is 1.67 bits per heavy atom. The lowest BCUT2D eigenvalue weighted by Crippen LogP contribution is -2.12. The zero-order valence-electron chi connectivity index (χ0n) is 6.94. The maximum atomic E-state index is 12.6. The van der Waals surface area contributed by atoms with Crippen molar-refractivity contribution in [1.29, 1.82) is 0 Å². The number of halogens is 2. The predicted octanol–water partition coefficient (Wildman–Crippen LogP) is 2.15. The lowest BCUT2D eigenvalue weighted by molar-refractivity contribution is 0.576. The fraction of sp³-hybridized carbons (Fsp3) is 0.375. The molecule has 1 aromatic rings. The Labute approximate surface area is 75.8 Å². The number of aromatic nitrogens is 1. The van der Waals surface area contributed by atoms with Crippen LogP contribution in [0.4, 0.5) is 4.39 Å². The monoisotopic (exact) mass is 188 g/mol. The highest BCUT2D eigenvalue weighted by Gasteiger charge is 2.06. The summed E-state index contributed by atoms with van der Waals surface area (Å²) in [7, 11) is 1.82. The van der Waals surface area contributed by atoms with Crippen LogP contribution in [0.1, 0.15) is 18.5 Å². The molecule has 0 saturated heterocycles. The molecule has 66 valence electrons. The molecule has 0 saturated carbocycles. The summed E-state index contributed by atoms with van der Waals surface area (Å²) >= 11 is 5.55. The van der Waals surface area contributed by atoms with Crippen LogP contribution < -0.4 is 5.32 Å². The first-order valence-electron chi connectivity index (χ1n) is 3.63. The molecule has 0 unspecified atom stereocenters. The van der Waals surface area contributed by atoms with Gasteiger partial charge in [0.05, 0.1) is 5.02 Å². The first-order valence-corrected chi connectivity index (χ1v) is 4.01. The lowest BCUT2D eigenvalue weighted by atomic mass is 10.1. The molecule has 4 heteroatoms. The van der Waals surface area contributed by atoms with Crippen LogP contribution in [-0.2, 0) is 0 Å². The van der Waals surface area contributed by atoms with Crippen molar-refractivity contribution in [2.45, 2.75) is 13.0 Å². The van der Waals surface area contributed by atoms with Gasteiger partial charge in [0.15, 0.2) is 0 Å². The molecule has 1 heterocycles. The second-order valence-electron chi connectivity index (χ2n) is 2.55. The average Bonchev–Trinajstić information content (AvgIpc) is 2.08. The highest BCUT2D eigenvalue weighted by atomic mass is 35.5. The molecule has 1 aromatic heterocycles. The van der Waals surface area contributed by atoms with Crippen LogP contribution in [0, 0.1) is 5.95 Å². The maximum Gasteiger partial charge on any atom is 0.231 e. The SMILES string of the molecule is CN[C@@H](C)c1cnc(F)c(Cl)c1. The number of nitrogens with zero attached hydrogens (tertiary/aromatic N) is 1. The van der Waals surface area contributed by atoms with Crippen molar-refractivity contribution in [2.24, 2.45) is 0 Å². The first-order chi connectivity index (χ1) is 5.65. The third-order valence-corrected chi connectivity index (χ3v) is 2.02. The zero-order valence-corrected chi connectivity index (χ0v) is 7.69. The number of pyridine rings is 1. The van der Waals surface area contributed by atoms with Crippen molar-refractivity contribution in [3.63, 3.8) is 0 Å². The summed E-state index contributed by atoms with van der Waals surface area (Å²) in [6, 6.07) is 1.71. The van der Waals surface area contributed by atoms with E-state index in [2.05, 4.69) is 10.3 Å². The fourth-order valence-corrected chi connectivity index (χ4v) is 1.01. The molecule has 12 heavy (non-hydrogen) atoms. The molecule has 1 rings (SSSR count). The zero-order chi connectivity index (χ0) is 9.14. The van der Waals surface area contributed by atoms with Crippen LogP contribution in [0.15, 0.2) is 12.3 Å². The number of hydrogen-bond acceptors (Lipinski definition) is 2. The summed E-state index contributed by atoms with van der Waals surface area (Å²) in [4.78, 5) is 3.51. The summed E-state index contributed by atoms with van der Waals surface area (Å²) in [6.45, 7) is 1.95. The molecule has 2 nitrogen and oxygen atoms in total. The summed E-state index contributed by atoms with van der Waals surface area (Å²) in [6.07, 6.45) is 1.47. The molecule has 0 aliphatic rings. The molecule has 0 aliphatic carbocycles. The van der Waals surface area contributed by atoms with Crippen LogP contribution in [0.2, 0.25) is 5.02 Å². The van der Waals surface area contributed by atoms with Gasteiger partial charge in [0.25, 0.3) is 0 Å². The van der Waals surface area contributed by atoms with Crippen LogP contribution in [0.3, 0.4) is 0 Å². The fourth-order valence-electron chi connectivity index (χ4n) is 0.839. The van der Waals surface area contributed by atoms with E-state index in [9.17, 15) is 4.39 Å². The largest absolute Gasteiger partial charge is 0.313 e. The van der Waals surface area contributed by atoms with Crippen LogP contribution in [0.5, 0.6) is 0 Å². The molecule has 0 fully saturated rings. The minimum atomic E-state index is -0.622. The Morgan fingerprint density at radius 3 is 2.83 bits per heavy atom. The predicted molar refractivity (Wildman–Crippen MR) is 46.7 cm³/mol. The molecule has 0 spiro atoms. The molecule has 0 bridgehead atoms. The number of rotatable bonds is 2. The van der Waals surface area contributed by atoms with E-state index in [1.807, 2.05) is 14.0 Å². The van der Waals surface area contributed by atoms with Crippen molar-refractivity contribution in [3.05, 3.63) is 28.8 Å². The van der Waals surface area contributed by atoms with Gasteiger partial charge >= 0.3 is 0 Å². The van der Waals surface area contributed by atoms with Gasteiger partial charge in [-0.3, -0.25) is 0 Å². The van der Waals surface area contributed by atoms with Gasteiger partial charge in [-0.15, -0.1) is 0 Å². The van der Waals surface area contributed by atoms with E-state index in [4.69, 9.17) is 11.6 Å². The minimum Gasteiger partial charge on any atom is -0.313 e. The Balaban J connectivity index is 2.96. The molecule has 0 radical (unpaired) electrons. The minimum absolute atomic E-state index is 0.0644. The Kier molecular flexibility index (Phi) is 3.00. The smallest absolute Gasteiger partial charge is 0.231 e. The van der Waals surface area contributed by atoms with Gasteiger partial charge in [-0.2, -0.15) is 4.39 Å². The normalized spacial score (nSPS) is 13.0. The van der Waals surface area contributed by atoms with Crippen LogP contribution in [0.25, 0.3) is 0 Å². The van der Waals surface area contributed by atoms with E-state index in [-0.39, 0.29) is 11.1 Å². The molecule has 1 N–H and O–H groups in total. The Hall–Kier alpha value is -0.670. The van der Waals surface area contributed by atoms with E-state index >= 15 is 0 Å². The standard InChI is InChI=1S/C8H10ClFN2/c1-5(11-2)6-3-7(9)8(10)12-4-6/h3-5,11H,1-2H3/t5-/m0/s1. The van der Waals surface area contributed by atoms with Crippen molar-refractivity contribution >= 4 is 11.6 Å². The number of hydrogen-bond donors (Lipinski definition) is 1. The quantitative estimate of drug-likeness (QED) is 0.720. The van der Waals surface area contributed by atoms with Gasteiger partial charge in [-0.25, -0.2) is 4.98 Å². The molecular formula is C8H10ClFN2. The average molecular weight is 189 g/mol. The van der Waals surface area contributed by atoms with Crippen LogP contribution in [-0.4, -0.2) is 12.0 Å². The molecule has 0 amide bonds. The van der Waals surface area contributed by atoms with Crippen LogP contribution >= 0.6 is 11.6 Å². The van der Waals surface area contributed by atoms with Crippen molar-refractivity contribution < 1.29 is 4.39 Å². The van der Waals surface area contributed by atoms with Gasteiger partial charge in [0, 0.05) is 12.2 Å². The van der Waals surface area contributed by atoms with Crippen molar-refractivity contribution in [1.82, 2.24) is 10.3 Å². The van der Waals surface area contributed by atoms with E-state index in [1.165, 1.54) is 6.20 Å². The van der Waals surface area contributed by atoms with E-state index in [0.29, 0.717) is 0 Å². The van der Waals surface area contributed by atoms with Crippen molar-refractivity contribution in [3.8, 4) is 0 Å². The van der Waals surface area contributed by atoms with Gasteiger partial charge in [-0.05, 0) is 25.6 Å². The molecular weight excluding hydrogens is 179 g/mol. The Morgan fingerprint density at radius 2 is 2.33 bits per heavy atom. The molecule has 0 aliphatic heterocycles. The van der Waals surface area contributed by atoms with E-state index in [1.54, 1.807) is 6.07 Å². The summed E-state index contributed by atoms with van der Waals surface area (Å²) in [5.41, 5.74) is 0.879. The summed E-state index contributed by atoms with van der Waals surface area (Å²) in [5, 5.41) is 3.07. The third kappa shape index (κ3) is 1.93. The molecule has 0 aromatic carbocycles. The highest BCUT2D eigenvalue weighted by molar-refractivity contribution is 6.30. The Bertz CT molecular complexity index is 278. The second kappa shape index (κ2) is 3.83. The topological polar surface area (TPSA) is 24.9 Å². The third-order valence-electron chi connectivity index (χ3n) is 1.75. The summed E-state index contributed by atoms with van der Waals surface area (Å²) in [5.74, 6) is -0.622. The van der Waals surface area contributed by atoms with E-state index < -0.39 is 5.95 Å². The maximum absolute atomic E-state index is 12.6. The summed E-state index contributed by atoms with van der Waals surface area (Å²) < 4.78 is 12.6. The first kappa shape index (κ1) is 9.42.